The number of thiocarbonyl (C=S) groups is 1. The van der Waals surface area contributed by atoms with E-state index in [-0.39, 0.29) is 0 Å². The van der Waals surface area contributed by atoms with Crippen LogP contribution in [0.5, 0.6) is 0 Å². The van der Waals surface area contributed by atoms with E-state index in [9.17, 15) is 8.78 Å². The van der Waals surface area contributed by atoms with Gasteiger partial charge in [-0.25, -0.2) is 0 Å². The van der Waals surface area contributed by atoms with E-state index in [1.807, 2.05) is 0 Å². The number of hydrogen-bond acceptors (Lipinski definition) is 2. The molecule has 0 aromatic carbocycles. The summed E-state index contributed by atoms with van der Waals surface area (Å²) in [5.41, 5.74) is 0. The monoisotopic (exact) mass is 210 g/mol. The molecule has 0 aliphatic carbocycles. The number of halogens is 2. The second-order valence-corrected chi connectivity index (χ2v) is 3.46. The largest absolute Gasteiger partial charge is 0.482 e. The van der Waals surface area contributed by atoms with Crippen LogP contribution in [-0.2, 0) is 4.74 Å². The first-order valence-electron chi connectivity index (χ1n) is 4.53. The Hall–Kier alpha value is -0.250. The Labute approximate surface area is 83.5 Å². The molecule has 13 heavy (non-hydrogen) atoms. The van der Waals surface area contributed by atoms with E-state index in [2.05, 4.69) is 19.1 Å². The van der Waals surface area contributed by atoms with E-state index in [1.54, 1.807) is 0 Å². The minimum Gasteiger partial charge on any atom is -0.482 e. The maximum atomic E-state index is 12.4. The zero-order valence-corrected chi connectivity index (χ0v) is 8.92. The Balaban J connectivity index is 3.38. The maximum Gasteiger partial charge on any atom is 0.311 e. The molecule has 0 aliphatic heterocycles. The number of unbranched alkanes of at least 4 members (excludes halogenated alkanes) is 3. The van der Waals surface area contributed by atoms with Gasteiger partial charge in [-0.15, -0.1) is 0 Å². The molecule has 0 aromatic rings. The highest BCUT2D eigenvalue weighted by Gasteiger charge is 2.29. The summed E-state index contributed by atoms with van der Waals surface area (Å²) in [6.45, 7) is 3.15. The minimum atomic E-state index is -2.99. The van der Waals surface area contributed by atoms with Crippen molar-refractivity contribution in [2.45, 2.75) is 45.5 Å². The predicted molar refractivity (Wildman–Crippen MR) is 53.3 cm³/mol. The molecule has 1 nitrogen and oxygen atoms in total. The summed E-state index contributed by atoms with van der Waals surface area (Å²) in [4.78, 5) is 0. The molecule has 0 aliphatic rings. The Morgan fingerprint density at radius 1 is 1.31 bits per heavy atom. The van der Waals surface area contributed by atoms with Gasteiger partial charge < -0.3 is 4.74 Å². The van der Waals surface area contributed by atoms with Crippen LogP contribution in [0.1, 0.15) is 39.5 Å². The fraction of sp³-hybridized carbons (Fsp3) is 0.889. The Morgan fingerprint density at radius 2 is 1.92 bits per heavy atom. The lowest BCUT2D eigenvalue weighted by molar-refractivity contribution is 0.0701. The Bertz CT molecular complexity index is 154. The van der Waals surface area contributed by atoms with Crippen LogP contribution in [0.3, 0.4) is 0 Å². The highest BCUT2D eigenvalue weighted by molar-refractivity contribution is 7.80. The van der Waals surface area contributed by atoms with Crippen LogP contribution in [0.25, 0.3) is 0 Å². The van der Waals surface area contributed by atoms with Gasteiger partial charge in [0.1, 0.15) is 0 Å². The molecule has 0 amide bonds. The quantitative estimate of drug-likeness (QED) is 0.489. The summed E-state index contributed by atoms with van der Waals surface area (Å²) >= 11 is 4.40. The molecule has 0 atom stereocenters. The molecule has 0 radical (unpaired) electrons. The molecule has 0 aromatic heterocycles. The van der Waals surface area contributed by atoms with Crippen LogP contribution in [0.15, 0.2) is 0 Å². The van der Waals surface area contributed by atoms with Crippen molar-refractivity contribution >= 4 is 17.3 Å². The normalized spacial score (nSPS) is 11.4. The minimum absolute atomic E-state index is 0.308. The standard InChI is InChI=1S/C9H16F2OS/c1-3-4-5-6-7-12-8(13)9(2,10)11/h3-7H2,1-2H3. The zero-order valence-electron chi connectivity index (χ0n) is 8.11. The Kier molecular flexibility index (Phi) is 6.12. The van der Waals surface area contributed by atoms with Gasteiger partial charge in [0.25, 0.3) is 0 Å². The summed E-state index contributed by atoms with van der Waals surface area (Å²) in [5.74, 6) is -2.99. The van der Waals surface area contributed by atoms with Crippen molar-refractivity contribution in [2.75, 3.05) is 6.61 Å². The first kappa shape index (κ1) is 12.8. The average Bonchev–Trinajstić information content (AvgIpc) is 2.02. The third-order valence-corrected chi connectivity index (χ3v) is 2.07. The van der Waals surface area contributed by atoms with Gasteiger partial charge in [0.05, 0.1) is 6.61 Å². The van der Waals surface area contributed by atoms with E-state index in [0.717, 1.165) is 32.6 Å². The lowest BCUT2D eigenvalue weighted by atomic mass is 10.2. The van der Waals surface area contributed by atoms with Gasteiger partial charge in [0, 0.05) is 6.92 Å². The number of rotatable bonds is 6. The highest BCUT2D eigenvalue weighted by atomic mass is 32.1. The van der Waals surface area contributed by atoms with E-state index in [4.69, 9.17) is 4.74 Å². The SMILES string of the molecule is CCCCCCOC(=S)C(C)(F)F. The van der Waals surface area contributed by atoms with Crippen LogP contribution in [0.2, 0.25) is 0 Å². The molecule has 78 valence electrons. The van der Waals surface area contributed by atoms with Gasteiger partial charge >= 0.3 is 5.92 Å². The van der Waals surface area contributed by atoms with Crippen LogP contribution < -0.4 is 0 Å². The van der Waals surface area contributed by atoms with Gasteiger partial charge in [0.2, 0.25) is 5.05 Å². The summed E-state index contributed by atoms with van der Waals surface area (Å²) in [5, 5.41) is -0.594. The molecule has 0 heterocycles. The molecule has 0 unspecified atom stereocenters. The maximum absolute atomic E-state index is 12.4. The van der Waals surface area contributed by atoms with Gasteiger partial charge in [-0.05, 0) is 18.6 Å². The summed E-state index contributed by atoms with van der Waals surface area (Å²) in [6, 6.07) is 0. The van der Waals surface area contributed by atoms with Gasteiger partial charge in [-0.2, -0.15) is 8.78 Å². The van der Waals surface area contributed by atoms with Crippen molar-refractivity contribution < 1.29 is 13.5 Å². The van der Waals surface area contributed by atoms with Gasteiger partial charge in [-0.3, -0.25) is 0 Å². The van der Waals surface area contributed by atoms with E-state index < -0.39 is 11.0 Å². The predicted octanol–water partition coefficient (Wildman–Crippen LogP) is 3.57. The molecule has 0 saturated carbocycles. The van der Waals surface area contributed by atoms with E-state index >= 15 is 0 Å². The second-order valence-electron chi connectivity index (χ2n) is 3.08. The number of hydrogen-bond donors (Lipinski definition) is 0. The molecule has 0 spiro atoms. The van der Waals surface area contributed by atoms with Crippen LogP contribution in [-0.4, -0.2) is 17.6 Å². The third kappa shape index (κ3) is 6.87. The van der Waals surface area contributed by atoms with Crippen LogP contribution >= 0.6 is 12.2 Å². The van der Waals surface area contributed by atoms with Crippen LogP contribution in [0, 0.1) is 0 Å². The molecule has 0 fully saturated rings. The van der Waals surface area contributed by atoms with Crippen molar-refractivity contribution in [3.8, 4) is 0 Å². The molecular weight excluding hydrogens is 194 g/mol. The third-order valence-electron chi connectivity index (χ3n) is 1.59. The lowest BCUT2D eigenvalue weighted by Crippen LogP contribution is -2.25. The highest BCUT2D eigenvalue weighted by Crippen LogP contribution is 2.15. The van der Waals surface area contributed by atoms with Crippen molar-refractivity contribution in [2.24, 2.45) is 0 Å². The summed E-state index contributed by atoms with van der Waals surface area (Å²) < 4.78 is 29.6. The van der Waals surface area contributed by atoms with Crippen molar-refractivity contribution in [3.63, 3.8) is 0 Å². The van der Waals surface area contributed by atoms with Crippen molar-refractivity contribution in [1.82, 2.24) is 0 Å². The van der Waals surface area contributed by atoms with Crippen LogP contribution in [0.4, 0.5) is 8.78 Å². The number of ether oxygens (including phenoxy) is 1. The number of alkyl halides is 2. The lowest BCUT2D eigenvalue weighted by Gasteiger charge is -2.12. The Morgan fingerprint density at radius 3 is 2.38 bits per heavy atom. The van der Waals surface area contributed by atoms with E-state index in [1.165, 1.54) is 0 Å². The average molecular weight is 210 g/mol. The van der Waals surface area contributed by atoms with Gasteiger partial charge in [-0.1, -0.05) is 26.2 Å². The van der Waals surface area contributed by atoms with E-state index in [0.29, 0.717) is 6.61 Å². The second kappa shape index (κ2) is 6.24. The van der Waals surface area contributed by atoms with Crippen molar-refractivity contribution in [3.05, 3.63) is 0 Å². The molecule has 0 saturated heterocycles. The molecule has 0 rings (SSSR count). The molecular formula is C9H16F2OS. The first-order valence-corrected chi connectivity index (χ1v) is 4.94. The zero-order chi connectivity index (χ0) is 10.3. The fourth-order valence-electron chi connectivity index (χ4n) is 0.820. The van der Waals surface area contributed by atoms with Gasteiger partial charge in [0.15, 0.2) is 0 Å². The summed E-state index contributed by atoms with van der Waals surface area (Å²) in [6.07, 6.45) is 4.03. The molecule has 0 bridgehead atoms. The molecule has 0 N–H and O–H groups in total. The molecule has 4 heteroatoms. The smallest absolute Gasteiger partial charge is 0.311 e. The topological polar surface area (TPSA) is 9.23 Å². The fourth-order valence-corrected chi connectivity index (χ4v) is 0.904. The van der Waals surface area contributed by atoms with Crippen molar-refractivity contribution in [1.29, 1.82) is 0 Å². The first-order chi connectivity index (χ1) is 5.98. The summed E-state index contributed by atoms with van der Waals surface area (Å²) in [7, 11) is 0.